The van der Waals surface area contributed by atoms with E-state index in [0.717, 1.165) is 11.7 Å². The van der Waals surface area contributed by atoms with Crippen LogP contribution in [-0.2, 0) is 11.3 Å². The summed E-state index contributed by atoms with van der Waals surface area (Å²) in [5, 5.41) is 21.2. The van der Waals surface area contributed by atoms with Crippen LogP contribution in [0.2, 0.25) is 0 Å². The van der Waals surface area contributed by atoms with Gasteiger partial charge in [0.05, 0.1) is 17.5 Å². The largest absolute Gasteiger partial charge is 0.461 e. The molecular formula is C20H21N5O2S. The number of carbonyl (C=O) groups is 1. The summed E-state index contributed by atoms with van der Waals surface area (Å²) in [6.45, 7) is 5.01. The number of furan rings is 1. The van der Waals surface area contributed by atoms with Gasteiger partial charge in [0.15, 0.2) is 16.7 Å². The number of para-hydroxylation sites is 1. The van der Waals surface area contributed by atoms with Crippen molar-refractivity contribution in [3.63, 3.8) is 0 Å². The second-order valence-corrected chi connectivity index (χ2v) is 7.65. The average Bonchev–Trinajstić information content (AvgIpc) is 3.32. The highest BCUT2D eigenvalue weighted by Crippen LogP contribution is 2.26. The molecule has 0 atom stereocenters. The molecule has 2 heterocycles. The molecule has 8 heteroatoms. The van der Waals surface area contributed by atoms with Gasteiger partial charge in [-0.05, 0) is 30.2 Å². The highest BCUT2D eigenvalue weighted by Gasteiger charge is 2.17. The standard InChI is InChI=1S/C20H21N5O2S/c1-14(2)13-25-19(17-8-5-10-27-17)23-24-20(25)28-11-9-18(26)22-16-7-4-3-6-15(16)12-21/h3-8,10,14H,9,11,13H2,1-2H3,(H,22,26). The van der Waals surface area contributed by atoms with Gasteiger partial charge in [0.2, 0.25) is 5.91 Å². The second kappa shape index (κ2) is 9.24. The van der Waals surface area contributed by atoms with Gasteiger partial charge >= 0.3 is 0 Å². The number of amides is 1. The highest BCUT2D eigenvalue weighted by atomic mass is 32.2. The Balaban J connectivity index is 1.63. The third-order valence-corrected chi connectivity index (χ3v) is 4.86. The predicted molar refractivity (Wildman–Crippen MR) is 108 cm³/mol. The number of benzene rings is 1. The van der Waals surface area contributed by atoms with Gasteiger partial charge in [0.25, 0.3) is 0 Å². The summed E-state index contributed by atoms with van der Waals surface area (Å²) < 4.78 is 7.49. The lowest BCUT2D eigenvalue weighted by Crippen LogP contribution is -2.13. The van der Waals surface area contributed by atoms with Crippen molar-refractivity contribution < 1.29 is 9.21 Å². The van der Waals surface area contributed by atoms with Crippen LogP contribution in [-0.4, -0.2) is 26.4 Å². The molecule has 0 aliphatic heterocycles. The van der Waals surface area contributed by atoms with Crippen molar-refractivity contribution in [1.82, 2.24) is 14.8 Å². The van der Waals surface area contributed by atoms with E-state index in [9.17, 15) is 4.79 Å². The van der Waals surface area contributed by atoms with Crippen molar-refractivity contribution in [1.29, 1.82) is 5.26 Å². The van der Waals surface area contributed by atoms with E-state index < -0.39 is 0 Å². The van der Waals surface area contributed by atoms with Crippen LogP contribution in [0.15, 0.2) is 52.2 Å². The lowest BCUT2D eigenvalue weighted by atomic mass is 10.2. The van der Waals surface area contributed by atoms with E-state index in [1.54, 1.807) is 30.5 Å². The molecule has 0 aliphatic rings. The van der Waals surface area contributed by atoms with Crippen LogP contribution in [0.5, 0.6) is 0 Å². The van der Waals surface area contributed by atoms with Gasteiger partial charge in [-0.2, -0.15) is 5.26 Å². The predicted octanol–water partition coefficient (Wildman–Crippen LogP) is 4.19. The summed E-state index contributed by atoms with van der Waals surface area (Å²) in [5.41, 5.74) is 0.978. The zero-order valence-electron chi connectivity index (χ0n) is 15.8. The SMILES string of the molecule is CC(C)Cn1c(SCCC(=O)Nc2ccccc2C#N)nnc1-c1ccco1. The van der Waals surface area contributed by atoms with Crippen LogP contribution < -0.4 is 5.32 Å². The fourth-order valence-corrected chi connectivity index (χ4v) is 3.54. The Kier molecular flexibility index (Phi) is 6.50. The zero-order valence-corrected chi connectivity index (χ0v) is 16.6. The molecule has 2 aromatic heterocycles. The van der Waals surface area contributed by atoms with Crippen LogP contribution in [0.25, 0.3) is 11.6 Å². The number of hydrogen-bond donors (Lipinski definition) is 1. The number of anilines is 1. The first-order valence-corrected chi connectivity index (χ1v) is 9.96. The molecule has 0 aliphatic carbocycles. The summed E-state index contributed by atoms with van der Waals surface area (Å²) in [5.74, 6) is 2.18. The van der Waals surface area contributed by atoms with Gasteiger partial charge in [-0.15, -0.1) is 10.2 Å². The molecule has 0 bridgehead atoms. The lowest BCUT2D eigenvalue weighted by Gasteiger charge is -2.11. The third-order valence-electron chi connectivity index (χ3n) is 3.89. The van der Waals surface area contributed by atoms with Gasteiger partial charge in [0.1, 0.15) is 6.07 Å². The van der Waals surface area contributed by atoms with Gasteiger partial charge in [-0.25, -0.2) is 0 Å². The molecule has 144 valence electrons. The van der Waals surface area contributed by atoms with Crippen molar-refractivity contribution >= 4 is 23.4 Å². The Bertz CT molecular complexity index is 973. The number of carbonyl (C=O) groups excluding carboxylic acids is 1. The van der Waals surface area contributed by atoms with Gasteiger partial charge in [0, 0.05) is 18.7 Å². The Morgan fingerprint density at radius 3 is 2.82 bits per heavy atom. The molecule has 7 nitrogen and oxygen atoms in total. The number of nitriles is 1. The smallest absolute Gasteiger partial charge is 0.225 e. The maximum atomic E-state index is 12.2. The van der Waals surface area contributed by atoms with Crippen molar-refractivity contribution in [2.75, 3.05) is 11.1 Å². The Morgan fingerprint density at radius 2 is 2.11 bits per heavy atom. The van der Waals surface area contributed by atoms with E-state index in [0.29, 0.717) is 40.9 Å². The molecule has 3 rings (SSSR count). The van der Waals surface area contributed by atoms with Crippen LogP contribution in [0, 0.1) is 17.2 Å². The average molecular weight is 395 g/mol. The molecule has 1 amide bonds. The third kappa shape index (κ3) is 4.81. The molecule has 0 unspecified atom stereocenters. The van der Waals surface area contributed by atoms with Gasteiger partial charge < -0.3 is 9.73 Å². The van der Waals surface area contributed by atoms with E-state index in [4.69, 9.17) is 9.68 Å². The first-order valence-electron chi connectivity index (χ1n) is 8.97. The molecule has 0 saturated heterocycles. The normalized spacial score (nSPS) is 10.8. The topological polar surface area (TPSA) is 96.7 Å². The number of hydrogen-bond acceptors (Lipinski definition) is 6. The molecule has 3 aromatic rings. The van der Waals surface area contributed by atoms with E-state index in [2.05, 4.69) is 35.4 Å². The van der Waals surface area contributed by atoms with Crippen LogP contribution in [0.4, 0.5) is 5.69 Å². The molecule has 1 N–H and O–H groups in total. The van der Waals surface area contributed by atoms with Crippen LogP contribution >= 0.6 is 11.8 Å². The highest BCUT2D eigenvalue weighted by molar-refractivity contribution is 7.99. The number of thioether (sulfide) groups is 1. The second-order valence-electron chi connectivity index (χ2n) is 6.59. The minimum atomic E-state index is -0.142. The summed E-state index contributed by atoms with van der Waals surface area (Å²) in [6, 6.07) is 12.7. The summed E-state index contributed by atoms with van der Waals surface area (Å²) in [7, 11) is 0. The molecular weight excluding hydrogens is 374 g/mol. The van der Waals surface area contributed by atoms with E-state index in [1.807, 2.05) is 16.7 Å². The van der Waals surface area contributed by atoms with Crippen molar-refractivity contribution in [2.24, 2.45) is 5.92 Å². The van der Waals surface area contributed by atoms with Gasteiger partial charge in [-0.3, -0.25) is 9.36 Å². The number of rotatable bonds is 8. The maximum absolute atomic E-state index is 12.2. The van der Waals surface area contributed by atoms with Crippen LogP contribution in [0.3, 0.4) is 0 Å². The fourth-order valence-electron chi connectivity index (χ4n) is 2.65. The minimum absolute atomic E-state index is 0.142. The van der Waals surface area contributed by atoms with Crippen LogP contribution in [0.1, 0.15) is 25.8 Å². The summed E-state index contributed by atoms with van der Waals surface area (Å²) in [4.78, 5) is 12.2. The molecule has 0 spiro atoms. The van der Waals surface area contributed by atoms with Crippen molar-refractivity contribution in [2.45, 2.75) is 32.0 Å². The molecule has 0 saturated carbocycles. The number of aromatic nitrogens is 3. The molecule has 0 fully saturated rings. The zero-order chi connectivity index (χ0) is 19.9. The van der Waals surface area contributed by atoms with Gasteiger partial charge in [-0.1, -0.05) is 37.7 Å². The number of nitrogens with one attached hydrogen (secondary N) is 1. The fraction of sp³-hybridized carbons (Fsp3) is 0.300. The lowest BCUT2D eigenvalue weighted by molar-refractivity contribution is -0.115. The quantitative estimate of drug-likeness (QED) is 0.575. The minimum Gasteiger partial charge on any atom is -0.461 e. The van der Waals surface area contributed by atoms with E-state index in [-0.39, 0.29) is 5.91 Å². The maximum Gasteiger partial charge on any atom is 0.225 e. The van der Waals surface area contributed by atoms with Crippen molar-refractivity contribution in [3.05, 3.63) is 48.2 Å². The molecule has 28 heavy (non-hydrogen) atoms. The van der Waals surface area contributed by atoms with E-state index >= 15 is 0 Å². The summed E-state index contributed by atoms with van der Waals surface area (Å²) >= 11 is 1.48. The molecule has 0 radical (unpaired) electrons. The summed E-state index contributed by atoms with van der Waals surface area (Å²) in [6.07, 6.45) is 1.91. The molecule has 1 aromatic carbocycles. The Morgan fingerprint density at radius 1 is 1.29 bits per heavy atom. The monoisotopic (exact) mass is 395 g/mol. The van der Waals surface area contributed by atoms with Crippen molar-refractivity contribution in [3.8, 4) is 17.7 Å². The first kappa shape index (κ1) is 19.7. The number of nitrogens with zero attached hydrogens (tertiary/aromatic N) is 4. The Labute approximate surface area is 167 Å². The first-order chi connectivity index (χ1) is 13.6. The van der Waals surface area contributed by atoms with E-state index in [1.165, 1.54) is 11.8 Å². The Hall–Kier alpha value is -3.05.